The van der Waals surface area contributed by atoms with Crippen LogP contribution in [0.4, 0.5) is 0 Å². The highest BCUT2D eigenvalue weighted by atomic mass is 16.5. The third-order valence-electron chi connectivity index (χ3n) is 3.21. The molecule has 1 unspecified atom stereocenters. The van der Waals surface area contributed by atoms with E-state index in [1.165, 1.54) is 7.11 Å². The van der Waals surface area contributed by atoms with E-state index in [0.29, 0.717) is 11.3 Å². The molecule has 0 fully saturated rings. The number of methoxy groups -OCH3 is 1. The van der Waals surface area contributed by atoms with E-state index < -0.39 is 11.5 Å². The number of benzene rings is 1. The molecule has 1 aliphatic rings. The largest absolute Gasteiger partial charge is 0.479 e. The zero-order valence-corrected chi connectivity index (χ0v) is 10.9. The molecule has 0 amide bonds. The number of carbonyl (C=O) groups is 2. The molecule has 1 atom stereocenters. The van der Waals surface area contributed by atoms with Gasteiger partial charge in [-0.3, -0.25) is 9.59 Å². The predicted molar refractivity (Wildman–Crippen MR) is 65.9 cm³/mol. The van der Waals surface area contributed by atoms with Gasteiger partial charge in [0.05, 0.1) is 18.6 Å². The maximum atomic E-state index is 12.1. The average molecular weight is 248 g/mol. The van der Waals surface area contributed by atoms with Crippen molar-refractivity contribution < 1.29 is 19.1 Å². The number of esters is 1. The Morgan fingerprint density at radius 2 is 2.06 bits per heavy atom. The average Bonchev–Trinajstić information content (AvgIpc) is 2.58. The first kappa shape index (κ1) is 12.6. The second-order valence-electron chi connectivity index (χ2n) is 4.94. The summed E-state index contributed by atoms with van der Waals surface area (Å²) < 4.78 is 10.3. The fourth-order valence-electron chi connectivity index (χ4n) is 2.04. The second-order valence-corrected chi connectivity index (χ2v) is 4.94. The molecule has 0 spiro atoms. The van der Waals surface area contributed by atoms with Crippen LogP contribution in [0.15, 0.2) is 18.2 Å². The molecule has 0 bridgehead atoms. The lowest BCUT2D eigenvalue weighted by atomic mass is 9.94. The summed E-state index contributed by atoms with van der Waals surface area (Å²) in [5.41, 5.74) is 0.471. The minimum absolute atomic E-state index is 0.0589. The first-order chi connectivity index (χ1) is 8.36. The molecule has 1 heterocycles. The number of carbonyl (C=O) groups excluding carboxylic acids is 2. The SMILES string of the molecule is COC(=O)C(C)c1ccc2c(c1)C(=O)C(C)(C)O2. The monoisotopic (exact) mass is 248 g/mol. The lowest BCUT2D eigenvalue weighted by molar-refractivity contribution is -0.141. The van der Waals surface area contributed by atoms with E-state index in [0.717, 1.165) is 5.56 Å². The van der Waals surface area contributed by atoms with Gasteiger partial charge < -0.3 is 9.47 Å². The summed E-state index contributed by atoms with van der Waals surface area (Å²) in [5.74, 6) is -0.195. The van der Waals surface area contributed by atoms with E-state index in [-0.39, 0.29) is 11.8 Å². The Morgan fingerprint density at radius 1 is 1.39 bits per heavy atom. The predicted octanol–water partition coefficient (Wildman–Crippen LogP) is 2.32. The van der Waals surface area contributed by atoms with Gasteiger partial charge in [0.15, 0.2) is 5.60 Å². The fraction of sp³-hybridized carbons (Fsp3) is 0.429. The van der Waals surface area contributed by atoms with Crippen LogP contribution in [0.5, 0.6) is 5.75 Å². The van der Waals surface area contributed by atoms with Crippen LogP contribution in [0.1, 0.15) is 42.6 Å². The summed E-state index contributed by atoms with van der Waals surface area (Å²) in [4.78, 5) is 23.6. The van der Waals surface area contributed by atoms with Gasteiger partial charge in [0.1, 0.15) is 5.75 Å². The molecule has 0 radical (unpaired) electrons. The van der Waals surface area contributed by atoms with Crippen LogP contribution in [0.3, 0.4) is 0 Å². The summed E-state index contributed by atoms with van der Waals surface area (Å²) in [6.45, 7) is 5.22. The molecule has 96 valence electrons. The minimum atomic E-state index is -0.824. The van der Waals surface area contributed by atoms with Crippen LogP contribution in [-0.2, 0) is 9.53 Å². The molecule has 4 nitrogen and oxygen atoms in total. The number of ether oxygens (including phenoxy) is 2. The molecular formula is C14H16O4. The number of ketones is 1. The highest BCUT2D eigenvalue weighted by Gasteiger charge is 2.40. The first-order valence-corrected chi connectivity index (χ1v) is 5.82. The Labute approximate surface area is 106 Å². The van der Waals surface area contributed by atoms with Crippen molar-refractivity contribution >= 4 is 11.8 Å². The van der Waals surface area contributed by atoms with E-state index in [1.807, 2.05) is 0 Å². The number of fused-ring (bicyclic) bond motifs is 1. The summed E-state index contributed by atoms with van der Waals surface area (Å²) in [6, 6.07) is 5.24. The molecule has 1 aliphatic heterocycles. The van der Waals surface area contributed by atoms with Gasteiger partial charge in [0, 0.05) is 0 Å². The second kappa shape index (κ2) is 4.12. The molecule has 0 saturated carbocycles. The van der Waals surface area contributed by atoms with Crippen LogP contribution in [0.25, 0.3) is 0 Å². The van der Waals surface area contributed by atoms with Gasteiger partial charge in [0.25, 0.3) is 0 Å². The number of rotatable bonds is 2. The van der Waals surface area contributed by atoms with Crippen LogP contribution in [-0.4, -0.2) is 24.5 Å². The summed E-state index contributed by atoms with van der Waals surface area (Å²) in [7, 11) is 1.35. The van der Waals surface area contributed by atoms with Crippen molar-refractivity contribution in [2.45, 2.75) is 32.3 Å². The van der Waals surface area contributed by atoms with Crippen LogP contribution in [0, 0.1) is 0 Å². The molecule has 0 aliphatic carbocycles. The van der Waals surface area contributed by atoms with Crippen LogP contribution >= 0.6 is 0 Å². The van der Waals surface area contributed by atoms with Gasteiger partial charge in [0.2, 0.25) is 5.78 Å². The van der Waals surface area contributed by atoms with Gasteiger partial charge in [-0.25, -0.2) is 0 Å². The van der Waals surface area contributed by atoms with E-state index in [4.69, 9.17) is 9.47 Å². The summed E-state index contributed by atoms with van der Waals surface area (Å²) >= 11 is 0. The van der Waals surface area contributed by atoms with Crippen molar-refractivity contribution in [3.05, 3.63) is 29.3 Å². The summed E-state index contributed by atoms with van der Waals surface area (Å²) in [6.07, 6.45) is 0. The zero-order chi connectivity index (χ0) is 13.5. The van der Waals surface area contributed by atoms with Crippen molar-refractivity contribution in [1.82, 2.24) is 0 Å². The normalized spacial score (nSPS) is 17.9. The van der Waals surface area contributed by atoms with Crippen molar-refractivity contribution in [3.8, 4) is 5.75 Å². The van der Waals surface area contributed by atoms with Crippen molar-refractivity contribution in [3.63, 3.8) is 0 Å². The van der Waals surface area contributed by atoms with Gasteiger partial charge in [-0.15, -0.1) is 0 Å². The molecule has 1 aromatic rings. The number of hydrogen-bond donors (Lipinski definition) is 0. The molecule has 0 N–H and O–H groups in total. The molecule has 18 heavy (non-hydrogen) atoms. The topological polar surface area (TPSA) is 52.6 Å². The van der Waals surface area contributed by atoms with E-state index in [9.17, 15) is 9.59 Å². The molecule has 1 aromatic carbocycles. The summed E-state index contributed by atoms with van der Waals surface area (Å²) in [5, 5.41) is 0. The lowest BCUT2D eigenvalue weighted by Crippen LogP contribution is -2.31. The van der Waals surface area contributed by atoms with Gasteiger partial charge >= 0.3 is 5.97 Å². The van der Waals surface area contributed by atoms with Crippen molar-refractivity contribution in [1.29, 1.82) is 0 Å². The standard InChI is InChI=1S/C14H16O4/c1-8(13(16)17-4)9-5-6-11-10(7-9)12(15)14(2,3)18-11/h5-8H,1-4H3. The lowest BCUT2D eigenvalue weighted by Gasteiger charge is -2.14. The zero-order valence-electron chi connectivity index (χ0n) is 10.9. The van der Waals surface area contributed by atoms with Crippen LogP contribution < -0.4 is 4.74 Å². The third-order valence-corrected chi connectivity index (χ3v) is 3.21. The van der Waals surface area contributed by atoms with Crippen molar-refractivity contribution in [2.75, 3.05) is 7.11 Å². The van der Waals surface area contributed by atoms with E-state index >= 15 is 0 Å². The quantitative estimate of drug-likeness (QED) is 0.754. The van der Waals surface area contributed by atoms with Crippen molar-refractivity contribution in [2.24, 2.45) is 0 Å². The molecule has 2 rings (SSSR count). The highest BCUT2D eigenvalue weighted by Crippen LogP contribution is 2.36. The van der Waals surface area contributed by atoms with Gasteiger partial charge in [-0.05, 0) is 38.5 Å². The minimum Gasteiger partial charge on any atom is -0.479 e. The Balaban J connectivity index is 2.39. The number of hydrogen-bond acceptors (Lipinski definition) is 4. The van der Waals surface area contributed by atoms with E-state index in [2.05, 4.69) is 0 Å². The Hall–Kier alpha value is -1.84. The molecule has 4 heteroatoms. The maximum Gasteiger partial charge on any atom is 0.312 e. The van der Waals surface area contributed by atoms with E-state index in [1.54, 1.807) is 39.0 Å². The highest BCUT2D eigenvalue weighted by molar-refractivity contribution is 6.07. The van der Waals surface area contributed by atoms with Gasteiger partial charge in [-0.1, -0.05) is 6.07 Å². The maximum absolute atomic E-state index is 12.1. The number of Topliss-reactive ketones (excluding diaryl/α,β-unsaturated/α-hetero) is 1. The fourth-order valence-corrected chi connectivity index (χ4v) is 2.04. The Kier molecular flexibility index (Phi) is 2.89. The first-order valence-electron chi connectivity index (χ1n) is 5.82. The molecule has 0 saturated heterocycles. The smallest absolute Gasteiger partial charge is 0.312 e. The Morgan fingerprint density at radius 3 is 2.67 bits per heavy atom. The van der Waals surface area contributed by atoms with Crippen LogP contribution in [0.2, 0.25) is 0 Å². The molecule has 0 aromatic heterocycles. The van der Waals surface area contributed by atoms with Gasteiger partial charge in [-0.2, -0.15) is 0 Å². The Bertz CT molecular complexity index is 517. The third kappa shape index (κ3) is 1.88. The molecular weight excluding hydrogens is 232 g/mol.